The normalized spacial score (nSPS) is 21.7. The van der Waals surface area contributed by atoms with Gasteiger partial charge in [0.15, 0.2) is 0 Å². The van der Waals surface area contributed by atoms with Crippen LogP contribution in [0.25, 0.3) is 0 Å². The van der Waals surface area contributed by atoms with Crippen LogP contribution in [-0.2, 0) is 11.0 Å². The number of aromatic nitrogens is 1. The first kappa shape index (κ1) is 17.0. The number of anilines is 1. The van der Waals surface area contributed by atoms with E-state index < -0.39 is 11.7 Å². The maximum absolute atomic E-state index is 13.2. The molecule has 1 aliphatic heterocycles. The van der Waals surface area contributed by atoms with Gasteiger partial charge in [-0.1, -0.05) is 0 Å². The van der Waals surface area contributed by atoms with Crippen molar-refractivity contribution in [3.05, 3.63) is 23.9 Å². The zero-order chi connectivity index (χ0) is 17.3. The molecular weight excluding hydrogens is 319 g/mol. The minimum absolute atomic E-state index is 0.0634. The van der Waals surface area contributed by atoms with Crippen LogP contribution in [0.1, 0.15) is 37.7 Å². The average Bonchev–Trinajstić information content (AvgIpc) is 3.37. The molecule has 1 saturated carbocycles. The van der Waals surface area contributed by atoms with Crippen LogP contribution in [0.3, 0.4) is 0 Å². The molecule has 7 heteroatoms. The lowest BCUT2D eigenvalue weighted by molar-refractivity contribution is -0.137. The number of rotatable bonds is 4. The number of carbonyl (C=O) groups excluding carboxylic acids is 1. The van der Waals surface area contributed by atoms with Gasteiger partial charge in [0.2, 0.25) is 5.91 Å². The number of piperidine rings is 1. The predicted molar refractivity (Wildman–Crippen MR) is 84.6 cm³/mol. The number of likely N-dealkylation sites (N-methyl/N-ethyl adjacent to an activating group) is 1. The molecule has 0 N–H and O–H groups in total. The SMILES string of the molecule is CN(c1ncccc1C(F)(F)F)C1CCCN(C(=O)CC2CC2)C1. The lowest BCUT2D eigenvalue weighted by Gasteiger charge is -2.39. The van der Waals surface area contributed by atoms with E-state index in [-0.39, 0.29) is 17.8 Å². The Kier molecular flexibility index (Phi) is 4.69. The van der Waals surface area contributed by atoms with Crippen molar-refractivity contribution in [2.24, 2.45) is 5.92 Å². The molecule has 0 bridgehead atoms. The molecule has 3 rings (SSSR count). The Labute approximate surface area is 139 Å². The van der Waals surface area contributed by atoms with E-state index in [0.717, 1.165) is 31.7 Å². The molecule has 2 fully saturated rings. The summed E-state index contributed by atoms with van der Waals surface area (Å²) in [5, 5.41) is 0. The number of carbonyl (C=O) groups is 1. The third-order valence-corrected chi connectivity index (χ3v) is 4.88. The molecule has 1 aromatic heterocycles. The van der Waals surface area contributed by atoms with E-state index in [0.29, 0.717) is 25.4 Å². The largest absolute Gasteiger partial charge is 0.419 e. The summed E-state index contributed by atoms with van der Waals surface area (Å²) in [5.74, 6) is 0.586. The lowest BCUT2D eigenvalue weighted by atomic mass is 10.0. The Balaban J connectivity index is 1.72. The van der Waals surface area contributed by atoms with E-state index in [9.17, 15) is 18.0 Å². The van der Waals surface area contributed by atoms with E-state index in [1.807, 2.05) is 0 Å². The van der Waals surface area contributed by atoms with Crippen molar-refractivity contribution in [3.8, 4) is 0 Å². The van der Waals surface area contributed by atoms with Crippen LogP contribution in [0.4, 0.5) is 19.0 Å². The summed E-state index contributed by atoms with van der Waals surface area (Å²) in [7, 11) is 1.64. The van der Waals surface area contributed by atoms with E-state index in [1.165, 1.54) is 12.3 Å². The highest BCUT2D eigenvalue weighted by molar-refractivity contribution is 5.77. The highest BCUT2D eigenvalue weighted by Crippen LogP contribution is 2.36. The summed E-state index contributed by atoms with van der Waals surface area (Å²) in [6.45, 7) is 1.17. The van der Waals surface area contributed by atoms with Crippen molar-refractivity contribution in [1.82, 2.24) is 9.88 Å². The number of hydrogen-bond acceptors (Lipinski definition) is 3. The Morgan fingerprint density at radius 1 is 1.38 bits per heavy atom. The summed E-state index contributed by atoms with van der Waals surface area (Å²) in [6.07, 6.45) is 1.32. The number of pyridine rings is 1. The molecule has 1 amide bonds. The van der Waals surface area contributed by atoms with E-state index >= 15 is 0 Å². The maximum Gasteiger partial charge on any atom is 0.419 e. The predicted octanol–water partition coefficient (Wildman–Crippen LogP) is 3.33. The van der Waals surface area contributed by atoms with Gasteiger partial charge in [-0.25, -0.2) is 4.98 Å². The number of alkyl halides is 3. The molecule has 1 aromatic rings. The molecule has 4 nitrogen and oxygen atoms in total. The van der Waals surface area contributed by atoms with Crippen molar-refractivity contribution in [2.75, 3.05) is 25.0 Å². The van der Waals surface area contributed by atoms with Crippen LogP contribution in [0.2, 0.25) is 0 Å². The van der Waals surface area contributed by atoms with Crippen molar-refractivity contribution in [3.63, 3.8) is 0 Å². The van der Waals surface area contributed by atoms with Gasteiger partial charge >= 0.3 is 6.18 Å². The molecule has 1 atom stereocenters. The first-order chi connectivity index (χ1) is 11.4. The molecular formula is C17H22F3N3O. The number of amides is 1. The van der Waals surface area contributed by atoms with E-state index in [2.05, 4.69) is 4.98 Å². The van der Waals surface area contributed by atoms with Gasteiger partial charge in [0.05, 0.1) is 5.56 Å². The van der Waals surface area contributed by atoms with Crippen LogP contribution >= 0.6 is 0 Å². The third kappa shape index (κ3) is 3.82. The quantitative estimate of drug-likeness (QED) is 0.843. The van der Waals surface area contributed by atoms with Gasteiger partial charge in [-0.3, -0.25) is 4.79 Å². The molecule has 1 aliphatic carbocycles. The highest BCUT2D eigenvalue weighted by atomic mass is 19.4. The lowest BCUT2D eigenvalue weighted by Crippen LogP contribution is -2.49. The molecule has 132 valence electrons. The first-order valence-electron chi connectivity index (χ1n) is 8.39. The second kappa shape index (κ2) is 6.61. The molecule has 2 heterocycles. The Bertz CT molecular complexity index is 601. The molecule has 1 saturated heterocycles. The molecule has 0 spiro atoms. The van der Waals surface area contributed by atoms with Gasteiger partial charge in [0.1, 0.15) is 5.82 Å². The van der Waals surface area contributed by atoms with Crippen LogP contribution in [0.15, 0.2) is 18.3 Å². The van der Waals surface area contributed by atoms with Crippen LogP contribution in [-0.4, -0.2) is 42.0 Å². The first-order valence-corrected chi connectivity index (χ1v) is 8.39. The van der Waals surface area contributed by atoms with Crippen LogP contribution in [0.5, 0.6) is 0 Å². The second-order valence-corrected chi connectivity index (χ2v) is 6.77. The standard InChI is InChI=1S/C17H22F3N3O/c1-22(16-14(17(18,19)20)5-2-8-21-16)13-4-3-9-23(11-13)15(24)10-12-6-7-12/h2,5,8,12-13H,3-4,6-7,9-11H2,1H3. The fourth-order valence-electron chi connectivity index (χ4n) is 3.27. The van der Waals surface area contributed by atoms with Crippen molar-refractivity contribution in [1.29, 1.82) is 0 Å². The van der Waals surface area contributed by atoms with E-state index in [1.54, 1.807) is 16.8 Å². The van der Waals surface area contributed by atoms with Crippen LogP contribution in [0, 0.1) is 5.92 Å². The summed E-state index contributed by atoms with van der Waals surface area (Å²) in [4.78, 5) is 19.6. The molecule has 2 aliphatic rings. The number of halogens is 3. The zero-order valence-corrected chi connectivity index (χ0v) is 13.7. The minimum Gasteiger partial charge on any atom is -0.354 e. The number of nitrogens with zero attached hydrogens (tertiary/aromatic N) is 3. The van der Waals surface area contributed by atoms with Gasteiger partial charge in [0, 0.05) is 38.8 Å². The van der Waals surface area contributed by atoms with Gasteiger partial charge in [0.25, 0.3) is 0 Å². The summed E-state index contributed by atoms with van der Waals surface area (Å²) < 4.78 is 39.6. The second-order valence-electron chi connectivity index (χ2n) is 6.77. The van der Waals surface area contributed by atoms with Crippen molar-refractivity contribution >= 4 is 11.7 Å². The van der Waals surface area contributed by atoms with Crippen LogP contribution < -0.4 is 4.90 Å². The van der Waals surface area contributed by atoms with Crippen molar-refractivity contribution < 1.29 is 18.0 Å². The zero-order valence-electron chi connectivity index (χ0n) is 13.7. The molecule has 0 aromatic carbocycles. The molecule has 1 unspecified atom stereocenters. The van der Waals surface area contributed by atoms with Gasteiger partial charge in [-0.05, 0) is 43.7 Å². The third-order valence-electron chi connectivity index (χ3n) is 4.88. The Hall–Kier alpha value is -1.79. The van der Waals surface area contributed by atoms with Gasteiger partial charge < -0.3 is 9.80 Å². The maximum atomic E-state index is 13.2. The van der Waals surface area contributed by atoms with Gasteiger partial charge in [-0.15, -0.1) is 0 Å². The summed E-state index contributed by atoms with van der Waals surface area (Å²) in [5.41, 5.74) is -0.728. The minimum atomic E-state index is -4.44. The number of likely N-dealkylation sites (tertiary alicyclic amines) is 1. The number of hydrogen-bond donors (Lipinski definition) is 0. The monoisotopic (exact) mass is 341 g/mol. The van der Waals surface area contributed by atoms with E-state index in [4.69, 9.17) is 0 Å². The summed E-state index contributed by atoms with van der Waals surface area (Å²) in [6, 6.07) is 2.21. The fraction of sp³-hybridized carbons (Fsp3) is 0.647. The molecule has 0 radical (unpaired) electrons. The summed E-state index contributed by atoms with van der Waals surface area (Å²) >= 11 is 0. The average molecular weight is 341 g/mol. The highest BCUT2D eigenvalue weighted by Gasteiger charge is 2.37. The Morgan fingerprint density at radius 3 is 2.79 bits per heavy atom. The topological polar surface area (TPSA) is 36.4 Å². The van der Waals surface area contributed by atoms with Gasteiger partial charge in [-0.2, -0.15) is 13.2 Å². The fourth-order valence-corrected chi connectivity index (χ4v) is 3.27. The Morgan fingerprint density at radius 2 is 2.12 bits per heavy atom. The smallest absolute Gasteiger partial charge is 0.354 e. The van der Waals surface area contributed by atoms with Crippen molar-refractivity contribution in [2.45, 2.75) is 44.3 Å². The molecule has 24 heavy (non-hydrogen) atoms.